The van der Waals surface area contributed by atoms with E-state index in [1.165, 1.54) is 0 Å². The van der Waals surface area contributed by atoms with Crippen molar-refractivity contribution in [3.05, 3.63) is 51.5 Å². The van der Waals surface area contributed by atoms with Crippen LogP contribution >= 0.6 is 11.6 Å². The summed E-state index contributed by atoms with van der Waals surface area (Å²) in [5.74, 6) is -6.39. The summed E-state index contributed by atoms with van der Waals surface area (Å²) in [6, 6.07) is 6.37. The van der Waals surface area contributed by atoms with E-state index in [1.807, 2.05) is 0 Å². The highest BCUT2D eigenvalue weighted by Crippen LogP contribution is 2.45. The number of ether oxygens (including phenoxy) is 2. The minimum absolute atomic E-state index is 0.227. The van der Waals surface area contributed by atoms with Gasteiger partial charge in [-0.05, 0) is 31.5 Å². The number of phenols is 2. The van der Waals surface area contributed by atoms with Crippen molar-refractivity contribution < 1.29 is 38.9 Å². The number of rotatable bonds is 6. The molecule has 0 spiro atoms. The summed E-state index contributed by atoms with van der Waals surface area (Å²) < 4.78 is 9.99. The van der Waals surface area contributed by atoms with Crippen LogP contribution in [0.4, 0.5) is 0 Å². The van der Waals surface area contributed by atoms with E-state index >= 15 is 0 Å². The molecule has 0 aliphatic heterocycles. The molecule has 0 aliphatic carbocycles. The third-order valence-corrected chi connectivity index (χ3v) is 4.09. The van der Waals surface area contributed by atoms with Crippen LogP contribution in [0.1, 0.15) is 57.4 Å². The zero-order chi connectivity index (χ0) is 21.9. The van der Waals surface area contributed by atoms with Gasteiger partial charge in [0.2, 0.25) is 5.75 Å². The molecule has 0 amide bonds. The molecule has 0 bridgehead atoms. The quantitative estimate of drug-likeness (QED) is 0.315. The molecule has 0 fully saturated rings. The van der Waals surface area contributed by atoms with E-state index in [0.717, 1.165) is 20.8 Å². The van der Waals surface area contributed by atoms with Gasteiger partial charge in [0.25, 0.3) is 0 Å². The van der Waals surface area contributed by atoms with Crippen LogP contribution in [0.3, 0.4) is 0 Å². The first-order valence-corrected chi connectivity index (χ1v) is 8.66. The predicted octanol–water partition coefficient (Wildman–Crippen LogP) is 3.44. The molecule has 9 heteroatoms. The molecule has 0 aliphatic rings. The van der Waals surface area contributed by atoms with Crippen molar-refractivity contribution in [3.63, 3.8) is 0 Å². The lowest BCUT2D eigenvalue weighted by molar-refractivity contribution is -0.132. The summed E-state index contributed by atoms with van der Waals surface area (Å²) in [5, 5.41) is 20.8. The molecule has 0 aromatic heterocycles. The molecule has 152 valence electrons. The van der Waals surface area contributed by atoms with Crippen molar-refractivity contribution in [2.75, 3.05) is 0 Å². The number of aromatic hydroxyl groups is 2. The number of benzene rings is 2. The Hall–Kier alpha value is -3.39. The molecule has 0 radical (unpaired) electrons. The van der Waals surface area contributed by atoms with E-state index in [1.54, 1.807) is 24.3 Å². The van der Waals surface area contributed by atoms with Gasteiger partial charge in [0, 0.05) is 11.9 Å². The fourth-order valence-corrected chi connectivity index (χ4v) is 2.75. The van der Waals surface area contributed by atoms with Crippen LogP contribution in [-0.4, -0.2) is 33.7 Å². The van der Waals surface area contributed by atoms with Crippen LogP contribution in [0.25, 0.3) is 0 Å². The van der Waals surface area contributed by atoms with E-state index in [4.69, 9.17) is 21.1 Å². The second kappa shape index (κ2) is 8.74. The van der Waals surface area contributed by atoms with Crippen LogP contribution in [0.2, 0.25) is 5.02 Å². The average Bonchev–Trinajstić information content (AvgIpc) is 2.63. The van der Waals surface area contributed by atoms with E-state index in [0.29, 0.717) is 10.6 Å². The Bertz CT molecular complexity index is 1010. The van der Waals surface area contributed by atoms with E-state index in [9.17, 15) is 29.4 Å². The van der Waals surface area contributed by atoms with Gasteiger partial charge < -0.3 is 19.7 Å². The summed E-state index contributed by atoms with van der Waals surface area (Å²) in [5.41, 5.74) is -1.21. The van der Waals surface area contributed by atoms with Gasteiger partial charge in [-0.15, -0.1) is 0 Å². The number of esters is 2. The number of phenolic OH excluding ortho intramolecular Hbond substituents is 2. The molecule has 29 heavy (non-hydrogen) atoms. The summed E-state index contributed by atoms with van der Waals surface area (Å²) in [6.07, 6.45) is 0. The molecule has 0 saturated carbocycles. The number of halogens is 1. The van der Waals surface area contributed by atoms with Gasteiger partial charge in [0.1, 0.15) is 6.61 Å². The molecule has 0 heterocycles. The highest BCUT2D eigenvalue weighted by Gasteiger charge is 2.34. The molecule has 0 saturated heterocycles. The fourth-order valence-electron chi connectivity index (χ4n) is 2.63. The molecule has 2 aromatic rings. The van der Waals surface area contributed by atoms with Gasteiger partial charge in [-0.2, -0.15) is 0 Å². The normalized spacial score (nSPS) is 10.3. The molecule has 2 aromatic carbocycles. The van der Waals surface area contributed by atoms with E-state index in [2.05, 4.69) is 0 Å². The monoisotopic (exact) mass is 420 g/mol. The Labute approximate surface area is 170 Å². The van der Waals surface area contributed by atoms with Crippen molar-refractivity contribution in [2.45, 2.75) is 27.4 Å². The van der Waals surface area contributed by atoms with Crippen LogP contribution in [0, 0.1) is 0 Å². The van der Waals surface area contributed by atoms with E-state index in [-0.39, 0.29) is 6.61 Å². The Balaban J connectivity index is 2.62. The molecule has 0 unspecified atom stereocenters. The third-order valence-electron chi connectivity index (χ3n) is 3.84. The van der Waals surface area contributed by atoms with Gasteiger partial charge in [-0.3, -0.25) is 14.4 Å². The molecule has 2 N–H and O–H groups in total. The zero-order valence-electron chi connectivity index (χ0n) is 15.7. The lowest BCUT2D eigenvalue weighted by Crippen LogP contribution is -2.18. The van der Waals surface area contributed by atoms with Crippen LogP contribution < -0.4 is 4.74 Å². The Morgan fingerprint density at radius 1 is 0.862 bits per heavy atom. The Morgan fingerprint density at radius 2 is 1.41 bits per heavy atom. The largest absolute Gasteiger partial charge is 0.504 e. The van der Waals surface area contributed by atoms with Crippen molar-refractivity contribution in [1.82, 2.24) is 0 Å². The average molecular weight is 421 g/mol. The lowest BCUT2D eigenvalue weighted by Gasteiger charge is -2.18. The fraction of sp³-hybridized carbons (Fsp3) is 0.200. The number of carbonyl (C=O) groups excluding carboxylic acids is 4. The first kappa shape index (κ1) is 21.9. The smallest absolute Gasteiger partial charge is 0.340 e. The van der Waals surface area contributed by atoms with E-state index < -0.39 is 57.4 Å². The first-order valence-electron chi connectivity index (χ1n) is 8.28. The van der Waals surface area contributed by atoms with Crippen LogP contribution in [0.15, 0.2) is 24.3 Å². The van der Waals surface area contributed by atoms with Gasteiger partial charge in [-0.1, -0.05) is 23.7 Å². The summed E-state index contributed by atoms with van der Waals surface area (Å²) in [4.78, 5) is 48.4. The maximum absolute atomic E-state index is 12.8. The molecular weight excluding hydrogens is 404 g/mol. The lowest BCUT2D eigenvalue weighted by atomic mass is 9.93. The molecule has 0 atom stereocenters. The summed E-state index contributed by atoms with van der Waals surface area (Å²) >= 11 is 5.80. The zero-order valence-corrected chi connectivity index (χ0v) is 16.5. The number of hydrogen-bond acceptors (Lipinski definition) is 8. The number of ketones is 2. The Kier molecular flexibility index (Phi) is 6.60. The molecule has 2 rings (SSSR count). The number of hydrogen-bond donors (Lipinski definition) is 2. The Morgan fingerprint density at radius 3 is 1.90 bits per heavy atom. The SMILES string of the molecule is CC(=O)Oc1c(O)c(O)c(C(C)=O)c(C(=O)OCc2ccc(Cl)cc2)c1C(C)=O. The van der Waals surface area contributed by atoms with Crippen molar-refractivity contribution >= 4 is 35.1 Å². The summed E-state index contributed by atoms with van der Waals surface area (Å²) in [6.45, 7) is 2.84. The predicted molar refractivity (Wildman–Crippen MR) is 102 cm³/mol. The van der Waals surface area contributed by atoms with Gasteiger partial charge in [-0.25, -0.2) is 4.79 Å². The highest BCUT2D eigenvalue weighted by atomic mass is 35.5. The summed E-state index contributed by atoms with van der Waals surface area (Å²) in [7, 11) is 0. The van der Waals surface area contributed by atoms with Crippen molar-refractivity contribution in [3.8, 4) is 17.2 Å². The van der Waals surface area contributed by atoms with Gasteiger partial charge in [0.05, 0.1) is 16.7 Å². The maximum Gasteiger partial charge on any atom is 0.340 e. The topological polar surface area (TPSA) is 127 Å². The third kappa shape index (κ3) is 4.72. The number of carbonyl (C=O) groups is 4. The van der Waals surface area contributed by atoms with Gasteiger partial charge >= 0.3 is 11.9 Å². The molecular formula is C20H17ClO8. The minimum atomic E-state index is -1.13. The maximum atomic E-state index is 12.8. The second-order valence-corrected chi connectivity index (χ2v) is 6.50. The van der Waals surface area contributed by atoms with Gasteiger partial charge in [0.15, 0.2) is 23.1 Å². The van der Waals surface area contributed by atoms with Crippen LogP contribution in [0.5, 0.6) is 17.2 Å². The highest BCUT2D eigenvalue weighted by molar-refractivity contribution is 6.30. The first-order chi connectivity index (χ1) is 13.5. The van der Waals surface area contributed by atoms with Crippen molar-refractivity contribution in [1.29, 1.82) is 0 Å². The second-order valence-electron chi connectivity index (χ2n) is 6.06. The standard InChI is InChI=1S/C20H17ClO8/c1-9(22)14-16(20(27)28-8-12-4-6-13(21)7-5-12)15(10(2)23)19(29-11(3)24)18(26)17(14)25/h4-7,25-26H,8H2,1-3H3. The minimum Gasteiger partial charge on any atom is -0.504 e. The van der Waals surface area contributed by atoms with Crippen LogP contribution in [-0.2, 0) is 16.1 Å². The molecule has 8 nitrogen and oxygen atoms in total. The number of Topliss-reactive ketones (excluding diaryl/α,β-unsaturated/α-hetero) is 2. The van der Waals surface area contributed by atoms with Crippen molar-refractivity contribution in [2.24, 2.45) is 0 Å².